The van der Waals surface area contributed by atoms with Gasteiger partial charge >= 0.3 is 5.97 Å². The molecule has 50 heavy (non-hydrogen) atoms. The van der Waals surface area contributed by atoms with Crippen LogP contribution in [0.5, 0.6) is 0 Å². The van der Waals surface area contributed by atoms with Gasteiger partial charge in [-0.2, -0.15) is 0 Å². The summed E-state index contributed by atoms with van der Waals surface area (Å²) in [6.45, 7) is 2.35. The number of nitrogens with zero attached hydrogens (tertiary/aromatic N) is 4. The largest absolute Gasteiger partial charge is 0.465 e. The average molecular weight is 740 g/mol. The number of benzene rings is 2. The number of methoxy groups -OCH3 is 1. The molecule has 0 aliphatic carbocycles. The number of sulfonamides is 2. The van der Waals surface area contributed by atoms with Crippen LogP contribution in [0.4, 0.5) is 28.9 Å². The van der Waals surface area contributed by atoms with E-state index in [1.807, 2.05) is 0 Å². The van der Waals surface area contributed by atoms with Crippen LogP contribution in [-0.4, -0.2) is 63.7 Å². The zero-order valence-electron chi connectivity index (χ0n) is 27.0. The van der Waals surface area contributed by atoms with E-state index < -0.39 is 49.3 Å². The van der Waals surface area contributed by atoms with Crippen LogP contribution in [0, 0.1) is 23.3 Å². The smallest absolute Gasteiger partial charge is 0.339 e. The van der Waals surface area contributed by atoms with E-state index in [4.69, 9.17) is 5.73 Å². The number of ketones is 1. The number of nitrogens with two attached hydrogens (primary N) is 1. The van der Waals surface area contributed by atoms with Gasteiger partial charge < -0.3 is 10.5 Å². The third-order valence-corrected chi connectivity index (χ3v) is 10.5. The van der Waals surface area contributed by atoms with Crippen molar-refractivity contribution in [2.24, 2.45) is 5.73 Å². The number of aromatic nitrogens is 2. The van der Waals surface area contributed by atoms with Gasteiger partial charge in [0.2, 0.25) is 20.0 Å². The minimum absolute atomic E-state index is 0.00957. The SMILES string of the molecule is CCS(=O)(=O)N(Cc1ccc(C(=O)CN)cn1)c1ccc(F)c(F)c1.CCS(=O)(=O)N(Cc1ccc(C(=O)OC)cn1)c1ccc(F)c(F)c1. The number of rotatable bonds is 13. The molecule has 0 aliphatic rings. The minimum atomic E-state index is -3.76. The van der Waals surface area contributed by atoms with Crippen LogP contribution in [0.3, 0.4) is 0 Å². The van der Waals surface area contributed by atoms with Crippen molar-refractivity contribution < 1.29 is 48.7 Å². The van der Waals surface area contributed by atoms with Gasteiger partial charge in [0.1, 0.15) is 0 Å². The molecule has 0 fully saturated rings. The lowest BCUT2D eigenvalue weighted by Gasteiger charge is -2.23. The van der Waals surface area contributed by atoms with Crippen molar-refractivity contribution in [3.05, 3.63) is 119 Å². The van der Waals surface area contributed by atoms with Crippen LogP contribution < -0.4 is 14.3 Å². The average Bonchev–Trinajstić information content (AvgIpc) is 3.12. The van der Waals surface area contributed by atoms with Gasteiger partial charge in [0.25, 0.3) is 0 Å². The summed E-state index contributed by atoms with van der Waals surface area (Å²) < 4.78 is 109. The molecule has 0 radical (unpaired) electrons. The van der Waals surface area contributed by atoms with Crippen LogP contribution in [0.1, 0.15) is 46.0 Å². The molecule has 4 aromatic rings. The Hall–Kier alpha value is -4.94. The van der Waals surface area contributed by atoms with Crippen LogP contribution >= 0.6 is 0 Å². The number of carbonyl (C=O) groups excluding carboxylic acids is 2. The summed E-state index contributed by atoms with van der Waals surface area (Å²) in [5.74, 6) is -5.76. The fourth-order valence-corrected chi connectivity index (χ4v) is 6.30. The zero-order chi connectivity index (χ0) is 37.2. The van der Waals surface area contributed by atoms with E-state index in [1.54, 1.807) is 0 Å². The van der Waals surface area contributed by atoms with E-state index >= 15 is 0 Å². The second-order valence-electron chi connectivity index (χ2n) is 10.2. The first-order chi connectivity index (χ1) is 23.6. The number of hydrogen-bond donors (Lipinski definition) is 1. The first kappa shape index (κ1) is 39.5. The normalized spacial score (nSPS) is 11.3. The summed E-state index contributed by atoms with van der Waals surface area (Å²) in [6, 6.07) is 11.6. The number of halogens is 4. The van der Waals surface area contributed by atoms with Crippen molar-refractivity contribution in [2.45, 2.75) is 26.9 Å². The molecule has 0 spiro atoms. The number of esters is 1. The third-order valence-electron chi connectivity index (χ3n) is 6.97. The number of pyridine rings is 2. The van der Waals surface area contributed by atoms with Gasteiger partial charge in [0, 0.05) is 30.1 Å². The molecule has 18 heteroatoms. The van der Waals surface area contributed by atoms with E-state index in [0.717, 1.165) is 32.9 Å². The topological polar surface area (TPSA) is 170 Å². The maximum atomic E-state index is 13.5. The molecule has 0 saturated heterocycles. The second kappa shape index (κ2) is 17.1. The molecule has 268 valence electrons. The van der Waals surface area contributed by atoms with E-state index in [-0.39, 0.29) is 53.9 Å². The fourth-order valence-electron chi connectivity index (χ4n) is 4.14. The first-order valence-corrected chi connectivity index (χ1v) is 17.9. The molecule has 2 aromatic carbocycles. The van der Waals surface area contributed by atoms with Gasteiger partial charge in [-0.3, -0.25) is 23.4 Å². The molecule has 4 rings (SSSR count). The molecule has 12 nitrogen and oxygen atoms in total. The maximum Gasteiger partial charge on any atom is 0.339 e. The lowest BCUT2D eigenvalue weighted by molar-refractivity contribution is 0.0600. The summed E-state index contributed by atoms with van der Waals surface area (Å²) in [5, 5.41) is 0. The Kier molecular flexibility index (Phi) is 13.5. The van der Waals surface area contributed by atoms with Gasteiger partial charge in [-0.25, -0.2) is 39.2 Å². The maximum absolute atomic E-state index is 13.5. The van der Waals surface area contributed by atoms with Crippen molar-refractivity contribution in [3.8, 4) is 0 Å². The summed E-state index contributed by atoms with van der Waals surface area (Å²) in [7, 11) is -6.28. The third kappa shape index (κ3) is 10.1. The Bertz CT molecular complexity index is 1890. The summed E-state index contributed by atoms with van der Waals surface area (Å²) in [5.41, 5.74) is 6.44. The van der Waals surface area contributed by atoms with Crippen LogP contribution in [0.25, 0.3) is 0 Å². The molecule has 2 aromatic heterocycles. The zero-order valence-corrected chi connectivity index (χ0v) is 28.6. The van der Waals surface area contributed by atoms with Gasteiger partial charge in [-0.05, 0) is 62.4 Å². The molecule has 0 bridgehead atoms. The Labute approximate surface area is 286 Å². The van der Waals surface area contributed by atoms with Crippen LogP contribution in [-0.2, 0) is 37.9 Å². The van der Waals surface area contributed by atoms with Crippen molar-refractivity contribution >= 4 is 43.2 Å². The number of Topliss-reactive ketones (excluding diaryl/α,β-unsaturated/α-hetero) is 1. The van der Waals surface area contributed by atoms with Gasteiger partial charge in [0.15, 0.2) is 29.1 Å². The van der Waals surface area contributed by atoms with Crippen molar-refractivity contribution in [1.82, 2.24) is 9.97 Å². The molecule has 0 atom stereocenters. The standard InChI is InChI=1S/C16H17F2N3O3S.C16H16F2N2O4S/c1-2-25(23,24)21(13-5-6-14(17)15(18)7-13)10-12-4-3-11(9-20-12)16(22)8-19;1-3-25(22,23)20(13-6-7-14(17)15(18)8-13)10-12-5-4-11(9-19-12)16(21)24-2/h3-7,9H,2,8,10,19H2,1H3;4-9H,3,10H2,1-2H3. The predicted octanol–water partition coefficient (Wildman–Crippen LogP) is 4.36. The van der Waals surface area contributed by atoms with E-state index in [1.165, 1.54) is 69.7 Å². The Morgan fingerprint density at radius 1 is 0.680 bits per heavy atom. The van der Waals surface area contributed by atoms with Gasteiger partial charge in [0.05, 0.1) is 66.6 Å². The molecule has 0 saturated carbocycles. The summed E-state index contributed by atoms with van der Waals surface area (Å²) >= 11 is 0. The molecule has 2 heterocycles. The van der Waals surface area contributed by atoms with E-state index in [0.29, 0.717) is 17.0 Å². The van der Waals surface area contributed by atoms with Crippen molar-refractivity contribution in [2.75, 3.05) is 33.8 Å². The number of carbonyl (C=O) groups is 2. The highest BCUT2D eigenvalue weighted by molar-refractivity contribution is 7.93. The van der Waals surface area contributed by atoms with E-state index in [2.05, 4.69) is 14.7 Å². The molecule has 0 amide bonds. The van der Waals surface area contributed by atoms with Crippen molar-refractivity contribution in [3.63, 3.8) is 0 Å². The molecular formula is C32H33F4N5O7S2. The number of ether oxygens (including phenoxy) is 1. The van der Waals surface area contributed by atoms with Crippen LogP contribution in [0.15, 0.2) is 73.1 Å². The van der Waals surface area contributed by atoms with E-state index in [9.17, 15) is 44.0 Å². The number of hydrogen-bond acceptors (Lipinski definition) is 10. The second-order valence-corrected chi connectivity index (χ2v) is 14.6. The van der Waals surface area contributed by atoms with Crippen molar-refractivity contribution in [1.29, 1.82) is 0 Å². The highest BCUT2D eigenvalue weighted by Gasteiger charge is 2.24. The Morgan fingerprint density at radius 3 is 1.42 bits per heavy atom. The fraction of sp³-hybridized carbons (Fsp3) is 0.250. The molecule has 2 N–H and O–H groups in total. The Balaban J connectivity index is 0.000000270. The molecule has 0 aliphatic heterocycles. The monoisotopic (exact) mass is 739 g/mol. The van der Waals surface area contributed by atoms with Crippen LogP contribution in [0.2, 0.25) is 0 Å². The predicted molar refractivity (Wildman–Crippen MR) is 177 cm³/mol. The lowest BCUT2D eigenvalue weighted by atomic mass is 10.2. The highest BCUT2D eigenvalue weighted by atomic mass is 32.2. The highest BCUT2D eigenvalue weighted by Crippen LogP contribution is 2.25. The Morgan fingerprint density at radius 2 is 1.10 bits per heavy atom. The molecular weight excluding hydrogens is 707 g/mol. The first-order valence-electron chi connectivity index (χ1n) is 14.7. The summed E-state index contributed by atoms with van der Waals surface area (Å²) in [6.07, 6.45) is 2.55. The number of anilines is 2. The quantitative estimate of drug-likeness (QED) is 0.118. The summed E-state index contributed by atoms with van der Waals surface area (Å²) in [4.78, 5) is 31.0. The van der Waals surface area contributed by atoms with Gasteiger partial charge in [-0.1, -0.05) is 0 Å². The molecule has 0 unspecified atom stereocenters. The van der Waals surface area contributed by atoms with Gasteiger partial charge in [-0.15, -0.1) is 0 Å². The minimum Gasteiger partial charge on any atom is -0.465 e. The lowest BCUT2D eigenvalue weighted by Crippen LogP contribution is -2.32.